The zero-order valence-corrected chi connectivity index (χ0v) is 9.05. The molecule has 0 saturated heterocycles. The van der Waals surface area contributed by atoms with Crippen molar-refractivity contribution in [3.63, 3.8) is 0 Å². The van der Waals surface area contributed by atoms with Crippen LogP contribution >= 0.6 is 0 Å². The van der Waals surface area contributed by atoms with E-state index in [1.165, 1.54) is 7.11 Å². The van der Waals surface area contributed by atoms with Gasteiger partial charge in [0.05, 0.1) is 7.11 Å². The second kappa shape index (κ2) is 3.79. The molecule has 0 heterocycles. The second-order valence-electron chi connectivity index (χ2n) is 4.54. The molecule has 6 heteroatoms. The van der Waals surface area contributed by atoms with Gasteiger partial charge in [0.2, 0.25) is 5.91 Å². The number of nitrogens with zero attached hydrogens (tertiary/aromatic N) is 3. The SMILES string of the molecule is COC(=O)[C@]1(C(=O)N=[N+]=[N-])C[C@@H]2CC[C@H]1C2. The van der Waals surface area contributed by atoms with Gasteiger partial charge in [0.25, 0.3) is 0 Å². The molecule has 2 bridgehead atoms. The molecule has 2 fully saturated rings. The van der Waals surface area contributed by atoms with Crippen LogP contribution in [0, 0.1) is 17.3 Å². The molecule has 2 aliphatic rings. The molecule has 0 aromatic carbocycles. The Morgan fingerprint density at radius 2 is 2.25 bits per heavy atom. The molecule has 0 radical (unpaired) electrons. The van der Waals surface area contributed by atoms with E-state index in [1.807, 2.05) is 0 Å². The normalized spacial score (nSPS) is 35.6. The summed E-state index contributed by atoms with van der Waals surface area (Å²) in [6, 6.07) is 0. The molecule has 0 N–H and O–H groups in total. The summed E-state index contributed by atoms with van der Waals surface area (Å²) in [5.41, 5.74) is 7.13. The molecule has 2 rings (SSSR count). The van der Waals surface area contributed by atoms with Gasteiger partial charge in [-0.05, 0) is 41.7 Å². The molecule has 0 spiro atoms. The first-order chi connectivity index (χ1) is 7.65. The van der Waals surface area contributed by atoms with Crippen LogP contribution in [0.15, 0.2) is 5.11 Å². The molecule has 2 aliphatic carbocycles. The van der Waals surface area contributed by atoms with Gasteiger partial charge in [-0.15, -0.1) is 0 Å². The van der Waals surface area contributed by atoms with Gasteiger partial charge < -0.3 is 4.74 Å². The number of methoxy groups -OCH3 is 1. The number of ether oxygens (including phenoxy) is 1. The van der Waals surface area contributed by atoms with Crippen molar-refractivity contribution >= 4 is 11.9 Å². The predicted octanol–water partition coefficient (Wildman–Crippen LogP) is 1.80. The Morgan fingerprint density at radius 1 is 1.50 bits per heavy atom. The average Bonchev–Trinajstić information content (AvgIpc) is 2.88. The summed E-state index contributed by atoms with van der Waals surface area (Å²) < 4.78 is 4.71. The molecule has 86 valence electrons. The Labute approximate surface area is 92.6 Å². The highest BCUT2D eigenvalue weighted by atomic mass is 16.5. The van der Waals surface area contributed by atoms with Gasteiger partial charge in [-0.25, -0.2) is 0 Å². The van der Waals surface area contributed by atoms with Gasteiger partial charge in [0.15, 0.2) is 0 Å². The fourth-order valence-electron chi connectivity index (χ4n) is 3.24. The summed E-state index contributed by atoms with van der Waals surface area (Å²) in [6.45, 7) is 0. The summed E-state index contributed by atoms with van der Waals surface area (Å²) in [4.78, 5) is 26.1. The minimum absolute atomic E-state index is 0.0112. The van der Waals surface area contributed by atoms with Crippen molar-refractivity contribution in [3.05, 3.63) is 10.4 Å². The van der Waals surface area contributed by atoms with Gasteiger partial charge >= 0.3 is 5.97 Å². The van der Waals surface area contributed by atoms with E-state index in [-0.39, 0.29) is 5.92 Å². The van der Waals surface area contributed by atoms with E-state index < -0.39 is 17.3 Å². The summed E-state index contributed by atoms with van der Waals surface area (Å²) in [5, 5.41) is 3.11. The van der Waals surface area contributed by atoms with Gasteiger partial charge in [-0.1, -0.05) is 6.42 Å². The third-order valence-electron chi connectivity index (χ3n) is 3.92. The Morgan fingerprint density at radius 3 is 2.69 bits per heavy atom. The molecule has 0 aliphatic heterocycles. The van der Waals surface area contributed by atoms with Crippen molar-refractivity contribution in [2.75, 3.05) is 7.11 Å². The smallest absolute Gasteiger partial charge is 0.319 e. The number of esters is 1. The first-order valence-corrected chi connectivity index (χ1v) is 5.33. The molecule has 2 saturated carbocycles. The van der Waals surface area contributed by atoms with Crippen molar-refractivity contribution in [3.8, 4) is 0 Å². The van der Waals surface area contributed by atoms with Crippen LogP contribution in [0.1, 0.15) is 25.7 Å². The monoisotopic (exact) mass is 223 g/mol. The highest BCUT2D eigenvalue weighted by molar-refractivity contribution is 6.04. The maximum atomic E-state index is 11.8. The number of fused-ring (bicyclic) bond motifs is 2. The number of hydrogen-bond donors (Lipinski definition) is 0. The van der Waals surface area contributed by atoms with Crippen LogP contribution in [0.5, 0.6) is 0 Å². The minimum atomic E-state index is -1.19. The Bertz CT molecular complexity index is 389. The third-order valence-corrected chi connectivity index (χ3v) is 3.92. The fraction of sp³-hybridized carbons (Fsp3) is 0.800. The zero-order valence-electron chi connectivity index (χ0n) is 9.05. The highest BCUT2D eigenvalue weighted by Crippen LogP contribution is 2.57. The number of carbonyl (C=O) groups excluding carboxylic acids is 2. The second-order valence-corrected chi connectivity index (χ2v) is 4.54. The lowest BCUT2D eigenvalue weighted by molar-refractivity contribution is -0.161. The number of rotatable bonds is 2. The molecule has 6 nitrogen and oxygen atoms in total. The van der Waals surface area contributed by atoms with Crippen LogP contribution in [0.3, 0.4) is 0 Å². The maximum Gasteiger partial charge on any atom is 0.319 e. The largest absolute Gasteiger partial charge is 0.468 e. The Hall–Kier alpha value is -1.55. The van der Waals surface area contributed by atoms with Gasteiger partial charge in [-0.2, -0.15) is 0 Å². The number of amides is 1. The molecule has 0 unspecified atom stereocenters. The van der Waals surface area contributed by atoms with Gasteiger partial charge in [-0.3, -0.25) is 9.59 Å². The minimum Gasteiger partial charge on any atom is -0.468 e. The molecular formula is C10H13N3O3. The summed E-state index contributed by atoms with van der Waals surface area (Å²) in [5.74, 6) is -0.837. The fourth-order valence-corrected chi connectivity index (χ4v) is 3.24. The zero-order chi connectivity index (χ0) is 11.8. The Balaban J connectivity index is 2.38. The highest BCUT2D eigenvalue weighted by Gasteiger charge is 2.60. The predicted molar refractivity (Wildman–Crippen MR) is 54.1 cm³/mol. The van der Waals surface area contributed by atoms with Crippen LogP contribution in [0.25, 0.3) is 10.4 Å². The average molecular weight is 223 g/mol. The summed E-state index contributed by atoms with van der Waals surface area (Å²) in [6.07, 6.45) is 3.23. The lowest BCUT2D eigenvalue weighted by atomic mass is 9.72. The Kier molecular flexibility index (Phi) is 2.59. The molecule has 16 heavy (non-hydrogen) atoms. The standard InChI is InChI=1S/C10H13N3O3/c1-16-9(15)10(8(14)12-13-11)5-6-2-3-7(10)4-6/h6-7H,2-5H2,1H3/t6-,7+,10-/m1/s1. The van der Waals surface area contributed by atoms with Crippen molar-refractivity contribution < 1.29 is 14.3 Å². The van der Waals surface area contributed by atoms with Crippen molar-refractivity contribution in [1.82, 2.24) is 0 Å². The van der Waals surface area contributed by atoms with Crippen LogP contribution in [-0.2, 0) is 14.3 Å². The van der Waals surface area contributed by atoms with E-state index in [1.54, 1.807) is 0 Å². The van der Waals surface area contributed by atoms with E-state index in [0.717, 1.165) is 19.3 Å². The van der Waals surface area contributed by atoms with E-state index in [2.05, 4.69) is 10.0 Å². The van der Waals surface area contributed by atoms with Crippen LogP contribution in [-0.4, -0.2) is 19.0 Å². The van der Waals surface area contributed by atoms with Crippen LogP contribution in [0.2, 0.25) is 0 Å². The lowest BCUT2D eigenvalue weighted by Gasteiger charge is -2.31. The number of azide groups is 1. The first-order valence-electron chi connectivity index (χ1n) is 5.33. The quantitative estimate of drug-likeness (QED) is 0.235. The van der Waals surface area contributed by atoms with E-state index >= 15 is 0 Å². The number of hydrogen-bond acceptors (Lipinski definition) is 3. The van der Waals surface area contributed by atoms with E-state index in [4.69, 9.17) is 10.3 Å². The number of carbonyl (C=O) groups is 2. The maximum absolute atomic E-state index is 11.8. The van der Waals surface area contributed by atoms with Crippen molar-refractivity contribution in [2.45, 2.75) is 25.7 Å². The molecular weight excluding hydrogens is 210 g/mol. The van der Waals surface area contributed by atoms with E-state index in [0.29, 0.717) is 12.3 Å². The molecule has 1 amide bonds. The third kappa shape index (κ3) is 1.30. The van der Waals surface area contributed by atoms with E-state index in [9.17, 15) is 9.59 Å². The van der Waals surface area contributed by atoms with Crippen molar-refractivity contribution in [1.29, 1.82) is 0 Å². The molecule has 0 aromatic rings. The first kappa shape index (κ1) is 11.0. The summed E-state index contributed by atoms with van der Waals surface area (Å²) in [7, 11) is 1.26. The van der Waals surface area contributed by atoms with Gasteiger partial charge in [0.1, 0.15) is 5.41 Å². The van der Waals surface area contributed by atoms with Crippen LogP contribution < -0.4 is 0 Å². The van der Waals surface area contributed by atoms with Crippen LogP contribution in [0.4, 0.5) is 0 Å². The lowest BCUT2D eigenvalue weighted by Crippen LogP contribution is -2.43. The summed E-state index contributed by atoms with van der Waals surface area (Å²) >= 11 is 0. The molecule has 0 aromatic heterocycles. The topological polar surface area (TPSA) is 92.1 Å². The molecule has 3 atom stereocenters. The van der Waals surface area contributed by atoms with Gasteiger partial charge in [0, 0.05) is 4.91 Å². The van der Waals surface area contributed by atoms with Crippen molar-refractivity contribution in [2.24, 2.45) is 22.4 Å².